The second-order valence-corrected chi connectivity index (χ2v) is 5.02. The fourth-order valence-electron chi connectivity index (χ4n) is 2.33. The lowest BCUT2D eigenvalue weighted by atomic mass is 9.82. The molecule has 0 bridgehead atoms. The molecule has 0 radical (unpaired) electrons. The van der Waals surface area contributed by atoms with E-state index < -0.39 is 0 Å². The van der Waals surface area contributed by atoms with E-state index in [9.17, 15) is 4.79 Å². The Kier molecular flexibility index (Phi) is 4.93. The van der Waals surface area contributed by atoms with Crippen molar-refractivity contribution in [1.29, 1.82) is 0 Å². The van der Waals surface area contributed by atoms with E-state index in [1.165, 1.54) is 7.11 Å². The fraction of sp³-hybridized carbons (Fsp3) is 0.533. The first-order valence-corrected chi connectivity index (χ1v) is 6.66. The minimum atomic E-state index is -0.304. The molecule has 19 heavy (non-hydrogen) atoms. The van der Waals surface area contributed by atoms with Gasteiger partial charge in [0.05, 0.1) is 25.4 Å². The van der Waals surface area contributed by atoms with E-state index in [0.717, 1.165) is 30.9 Å². The summed E-state index contributed by atoms with van der Waals surface area (Å²) in [4.78, 5) is 11.3. The Balaban J connectivity index is 1.74. The maximum Gasteiger partial charge on any atom is 0.337 e. The van der Waals surface area contributed by atoms with Crippen LogP contribution in [0.4, 0.5) is 0 Å². The zero-order valence-corrected chi connectivity index (χ0v) is 11.5. The van der Waals surface area contributed by atoms with Crippen molar-refractivity contribution in [3.05, 3.63) is 35.4 Å². The van der Waals surface area contributed by atoms with Crippen molar-refractivity contribution in [1.82, 2.24) is 5.32 Å². The SMILES string of the molecule is CNCC1CC(OCc2ccc(C(=O)OC)cc2)C1. The van der Waals surface area contributed by atoms with Gasteiger partial charge in [0, 0.05) is 0 Å². The molecule has 0 aromatic heterocycles. The molecule has 1 saturated carbocycles. The minimum absolute atomic E-state index is 0.304. The van der Waals surface area contributed by atoms with Crippen molar-refractivity contribution in [2.75, 3.05) is 20.7 Å². The summed E-state index contributed by atoms with van der Waals surface area (Å²) in [6.07, 6.45) is 2.67. The van der Waals surface area contributed by atoms with Gasteiger partial charge in [-0.05, 0) is 50.0 Å². The van der Waals surface area contributed by atoms with E-state index in [2.05, 4.69) is 10.1 Å². The number of rotatable bonds is 6. The summed E-state index contributed by atoms with van der Waals surface area (Å²) >= 11 is 0. The van der Waals surface area contributed by atoms with Gasteiger partial charge in [0.1, 0.15) is 0 Å². The second-order valence-electron chi connectivity index (χ2n) is 5.02. The predicted molar refractivity (Wildman–Crippen MR) is 73.0 cm³/mol. The second kappa shape index (κ2) is 6.68. The molecule has 1 aliphatic carbocycles. The third-order valence-electron chi connectivity index (χ3n) is 3.55. The summed E-state index contributed by atoms with van der Waals surface area (Å²) in [7, 11) is 3.37. The van der Waals surface area contributed by atoms with Crippen LogP contribution in [0.2, 0.25) is 0 Å². The number of hydrogen-bond donors (Lipinski definition) is 1. The number of carbonyl (C=O) groups is 1. The molecule has 4 nitrogen and oxygen atoms in total. The first-order valence-electron chi connectivity index (χ1n) is 6.66. The van der Waals surface area contributed by atoms with Crippen molar-refractivity contribution < 1.29 is 14.3 Å². The Labute approximate surface area is 114 Å². The Morgan fingerprint density at radius 3 is 2.58 bits per heavy atom. The molecule has 1 aromatic carbocycles. The summed E-state index contributed by atoms with van der Waals surface area (Å²) in [5.41, 5.74) is 1.66. The van der Waals surface area contributed by atoms with Crippen molar-refractivity contribution >= 4 is 5.97 Å². The summed E-state index contributed by atoms with van der Waals surface area (Å²) in [6.45, 7) is 1.69. The molecule has 0 aliphatic heterocycles. The molecule has 0 heterocycles. The van der Waals surface area contributed by atoms with E-state index in [-0.39, 0.29) is 5.97 Å². The lowest BCUT2D eigenvalue weighted by Gasteiger charge is -2.35. The standard InChI is InChI=1S/C15H21NO3/c1-16-9-12-7-14(8-12)19-10-11-3-5-13(6-4-11)15(17)18-2/h3-6,12,14,16H,7-10H2,1-2H3. The molecule has 1 N–H and O–H groups in total. The Morgan fingerprint density at radius 2 is 2.00 bits per heavy atom. The van der Waals surface area contributed by atoms with Gasteiger partial charge in [0.15, 0.2) is 0 Å². The van der Waals surface area contributed by atoms with Crippen LogP contribution in [0.3, 0.4) is 0 Å². The largest absolute Gasteiger partial charge is 0.465 e. The van der Waals surface area contributed by atoms with Crippen molar-refractivity contribution in [3.8, 4) is 0 Å². The quantitative estimate of drug-likeness (QED) is 0.797. The number of methoxy groups -OCH3 is 1. The summed E-state index contributed by atoms with van der Waals surface area (Å²) < 4.78 is 10.5. The smallest absolute Gasteiger partial charge is 0.337 e. The number of nitrogens with one attached hydrogen (secondary N) is 1. The number of carbonyl (C=O) groups excluding carboxylic acids is 1. The zero-order chi connectivity index (χ0) is 13.7. The molecule has 0 spiro atoms. The third kappa shape index (κ3) is 3.78. The van der Waals surface area contributed by atoms with Gasteiger partial charge in [0.25, 0.3) is 0 Å². The monoisotopic (exact) mass is 263 g/mol. The van der Waals surface area contributed by atoms with Gasteiger partial charge in [-0.2, -0.15) is 0 Å². The van der Waals surface area contributed by atoms with Gasteiger partial charge >= 0.3 is 5.97 Å². The molecule has 0 atom stereocenters. The van der Waals surface area contributed by atoms with Crippen LogP contribution in [-0.4, -0.2) is 32.8 Å². The Morgan fingerprint density at radius 1 is 1.32 bits per heavy atom. The maximum absolute atomic E-state index is 11.3. The molecule has 0 saturated heterocycles. The summed E-state index contributed by atoms with van der Waals surface area (Å²) in [6, 6.07) is 7.37. The van der Waals surface area contributed by atoms with E-state index >= 15 is 0 Å². The van der Waals surface area contributed by atoms with E-state index in [0.29, 0.717) is 18.3 Å². The molecule has 1 aliphatic rings. The van der Waals surface area contributed by atoms with Gasteiger partial charge in [-0.15, -0.1) is 0 Å². The number of ether oxygens (including phenoxy) is 2. The van der Waals surface area contributed by atoms with Crippen LogP contribution in [0.1, 0.15) is 28.8 Å². The highest BCUT2D eigenvalue weighted by Gasteiger charge is 2.28. The van der Waals surface area contributed by atoms with Crippen molar-refractivity contribution in [2.24, 2.45) is 5.92 Å². The van der Waals surface area contributed by atoms with E-state index in [4.69, 9.17) is 4.74 Å². The normalized spacial score (nSPS) is 21.8. The number of esters is 1. The van der Waals surface area contributed by atoms with Crippen LogP contribution in [0, 0.1) is 5.92 Å². The lowest BCUT2D eigenvalue weighted by Crippen LogP contribution is -2.36. The predicted octanol–water partition coefficient (Wildman–Crippen LogP) is 1.99. The van der Waals surface area contributed by atoms with Gasteiger partial charge in [-0.1, -0.05) is 12.1 Å². The average Bonchev–Trinajstić information content (AvgIpc) is 2.41. The molecule has 4 heteroatoms. The topological polar surface area (TPSA) is 47.6 Å². The molecular weight excluding hydrogens is 242 g/mol. The Bertz CT molecular complexity index is 410. The minimum Gasteiger partial charge on any atom is -0.465 e. The van der Waals surface area contributed by atoms with Gasteiger partial charge in [0.2, 0.25) is 0 Å². The molecule has 0 amide bonds. The third-order valence-corrected chi connectivity index (χ3v) is 3.55. The molecular formula is C15H21NO3. The molecule has 0 unspecified atom stereocenters. The van der Waals surface area contributed by atoms with E-state index in [1.807, 2.05) is 19.2 Å². The van der Waals surface area contributed by atoms with Gasteiger partial charge in [-0.3, -0.25) is 0 Å². The zero-order valence-electron chi connectivity index (χ0n) is 11.5. The summed E-state index contributed by atoms with van der Waals surface area (Å²) in [5.74, 6) is 0.457. The van der Waals surface area contributed by atoms with Gasteiger partial charge < -0.3 is 14.8 Å². The Hall–Kier alpha value is -1.39. The number of hydrogen-bond acceptors (Lipinski definition) is 4. The lowest BCUT2D eigenvalue weighted by molar-refractivity contribution is -0.0391. The fourth-order valence-corrected chi connectivity index (χ4v) is 2.33. The maximum atomic E-state index is 11.3. The molecule has 1 fully saturated rings. The van der Waals surface area contributed by atoms with Crippen molar-refractivity contribution in [3.63, 3.8) is 0 Å². The highest BCUT2D eigenvalue weighted by atomic mass is 16.5. The van der Waals surface area contributed by atoms with Crippen LogP contribution >= 0.6 is 0 Å². The molecule has 1 aromatic rings. The molecule has 2 rings (SSSR count). The summed E-state index contributed by atoms with van der Waals surface area (Å²) in [5, 5.41) is 3.19. The average molecular weight is 263 g/mol. The van der Waals surface area contributed by atoms with Gasteiger partial charge in [-0.25, -0.2) is 4.79 Å². The highest BCUT2D eigenvalue weighted by Crippen LogP contribution is 2.30. The first-order chi connectivity index (χ1) is 9.22. The first kappa shape index (κ1) is 14.0. The van der Waals surface area contributed by atoms with Crippen LogP contribution in [0.15, 0.2) is 24.3 Å². The van der Waals surface area contributed by atoms with Crippen LogP contribution in [-0.2, 0) is 16.1 Å². The number of benzene rings is 1. The van der Waals surface area contributed by atoms with Crippen LogP contribution < -0.4 is 5.32 Å². The van der Waals surface area contributed by atoms with Crippen LogP contribution in [0.25, 0.3) is 0 Å². The van der Waals surface area contributed by atoms with Crippen LogP contribution in [0.5, 0.6) is 0 Å². The van der Waals surface area contributed by atoms with E-state index in [1.54, 1.807) is 12.1 Å². The highest BCUT2D eigenvalue weighted by molar-refractivity contribution is 5.89. The molecule has 104 valence electrons. The van der Waals surface area contributed by atoms with Crippen molar-refractivity contribution in [2.45, 2.75) is 25.6 Å².